The van der Waals surface area contributed by atoms with Crippen molar-refractivity contribution in [2.75, 3.05) is 4.90 Å². The van der Waals surface area contributed by atoms with E-state index in [0.29, 0.717) is 0 Å². The number of fused-ring (bicyclic) bond motifs is 8. The van der Waals surface area contributed by atoms with E-state index in [0.717, 1.165) is 61.3 Å². The van der Waals surface area contributed by atoms with E-state index in [1.54, 1.807) is 0 Å². The monoisotopic (exact) mass is 789 g/mol. The second-order valence-electron chi connectivity index (χ2n) is 16.1. The quantitative estimate of drug-likeness (QED) is 0.150. The molecule has 0 bridgehead atoms. The molecular weight excluding hydrogens is 751 g/mol. The van der Waals surface area contributed by atoms with E-state index < -0.39 is 0 Å². The van der Waals surface area contributed by atoms with Gasteiger partial charge in [-0.1, -0.05) is 176 Å². The SMILES string of the molecule is c1ccc(-c2cccc(N(c3ccc(-c4cc5ccccc5c5ccccc45)cc3)c3ccc(-c4ccc5ccc6oc7ccccc7c6c5c4)cc3-c3ccccc3)c2)cc1. The maximum absolute atomic E-state index is 6.31. The zero-order chi connectivity index (χ0) is 41.0. The molecule has 290 valence electrons. The average Bonchev–Trinajstić information content (AvgIpc) is 3.74. The summed E-state index contributed by atoms with van der Waals surface area (Å²) in [5.41, 5.74) is 14.4. The van der Waals surface area contributed by atoms with Crippen molar-refractivity contribution in [3.63, 3.8) is 0 Å². The second-order valence-corrected chi connectivity index (χ2v) is 16.1. The van der Waals surface area contributed by atoms with Crippen LogP contribution in [0, 0.1) is 0 Å². The maximum atomic E-state index is 6.31. The highest BCUT2D eigenvalue weighted by molar-refractivity contribution is 6.19. The molecule has 1 heterocycles. The molecule has 0 atom stereocenters. The molecule has 0 radical (unpaired) electrons. The molecule has 2 nitrogen and oxygen atoms in total. The van der Waals surface area contributed by atoms with Crippen molar-refractivity contribution >= 4 is 71.3 Å². The van der Waals surface area contributed by atoms with Gasteiger partial charge in [0.15, 0.2) is 0 Å². The molecule has 0 N–H and O–H groups in total. The van der Waals surface area contributed by atoms with Crippen molar-refractivity contribution in [2.24, 2.45) is 0 Å². The Hall–Kier alpha value is -8.20. The lowest BCUT2D eigenvalue weighted by atomic mass is 9.93. The van der Waals surface area contributed by atoms with Gasteiger partial charge in [0.1, 0.15) is 11.2 Å². The minimum atomic E-state index is 0.907. The fourth-order valence-corrected chi connectivity index (χ4v) is 9.45. The van der Waals surface area contributed by atoms with E-state index in [2.05, 4.69) is 235 Å². The van der Waals surface area contributed by atoms with E-state index in [9.17, 15) is 0 Å². The molecule has 12 aromatic rings. The molecule has 0 aliphatic rings. The van der Waals surface area contributed by atoms with E-state index in [4.69, 9.17) is 4.42 Å². The standard InChI is InChI=1S/C60H39NO/c1-3-14-40(15-4-1)44-19-13-20-49(36-44)61(48-32-28-42(29-33-48)54-39-47-18-7-8-21-50(47)51-22-9-10-23-52(51)54)57-34-30-46(37-55(57)41-16-5-2-6-17-41)45-27-26-43-31-35-59-60(56(43)38-45)53-24-11-12-25-58(53)62-59/h1-39H. The molecule has 0 fully saturated rings. The van der Waals surface area contributed by atoms with Crippen LogP contribution in [0.3, 0.4) is 0 Å². The fraction of sp³-hybridized carbons (Fsp3) is 0. The Morgan fingerprint density at radius 2 is 0.871 bits per heavy atom. The minimum Gasteiger partial charge on any atom is -0.456 e. The van der Waals surface area contributed by atoms with Gasteiger partial charge in [-0.25, -0.2) is 0 Å². The Balaban J connectivity index is 1.04. The second kappa shape index (κ2) is 14.8. The summed E-state index contributed by atoms with van der Waals surface area (Å²) >= 11 is 0. The Morgan fingerprint density at radius 1 is 0.274 bits per heavy atom. The number of furan rings is 1. The number of benzene rings is 11. The molecule has 0 aliphatic heterocycles. The third-order valence-electron chi connectivity index (χ3n) is 12.4. The lowest BCUT2D eigenvalue weighted by Crippen LogP contribution is -2.11. The van der Waals surface area contributed by atoms with E-state index in [1.807, 2.05) is 6.07 Å². The van der Waals surface area contributed by atoms with Gasteiger partial charge in [0, 0.05) is 27.7 Å². The predicted molar refractivity (Wildman–Crippen MR) is 263 cm³/mol. The van der Waals surface area contributed by atoms with Gasteiger partial charge < -0.3 is 9.32 Å². The number of para-hydroxylation sites is 1. The van der Waals surface area contributed by atoms with E-state index >= 15 is 0 Å². The lowest BCUT2D eigenvalue weighted by Gasteiger charge is -2.29. The molecule has 62 heavy (non-hydrogen) atoms. The van der Waals surface area contributed by atoms with Crippen molar-refractivity contribution in [3.05, 3.63) is 237 Å². The smallest absolute Gasteiger partial charge is 0.136 e. The van der Waals surface area contributed by atoms with Crippen LogP contribution >= 0.6 is 0 Å². The highest BCUT2D eigenvalue weighted by atomic mass is 16.3. The summed E-state index contributed by atoms with van der Waals surface area (Å²) in [5, 5.41) is 9.71. The van der Waals surface area contributed by atoms with Crippen molar-refractivity contribution in [3.8, 4) is 44.5 Å². The number of nitrogens with zero attached hydrogens (tertiary/aromatic N) is 1. The molecule has 0 spiro atoms. The van der Waals surface area contributed by atoms with Crippen LogP contribution in [0.1, 0.15) is 0 Å². The maximum Gasteiger partial charge on any atom is 0.136 e. The van der Waals surface area contributed by atoms with E-state index in [1.165, 1.54) is 54.6 Å². The minimum absolute atomic E-state index is 0.907. The van der Waals surface area contributed by atoms with Crippen LogP contribution in [0.2, 0.25) is 0 Å². The summed E-state index contributed by atoms with van der Waals surface area (Å²) in [6.45, 7) is 0. The van der Waals surface area contributed by atoms with Crippen LogP contribution in [0.4, 0.5) is 17.1 Å². The molecule has 0 aliphatic carbocycles. The van der Waals surface area contributed by atoms with Gasteiger partial charge in [0.2, 0.25) is 0 Å². The highest BCUT2D eigenvalue weighted by Gasteiger charge is 2.20. The average molecular weight is 790 g/mol. The van der Waals surface area contributed by atoms with Crippen LogP contribution in [0.25, 0.3) is 98.8 Å². The Labute approximate surface area is 360 Å². The Kier molecular flexibility index (Phi) is 8.53. The largest absolute Gasteiger partial charge is 0.456 e. The Morgan fingerprint density at radius 3 is 1.69 bits per heavy atom. The first-order valence-corrected chi connectivity index (χ1v) is 21.2. The lowest BCUT2D eigenvalue weighted by molar-refractivity contribution is 0.669. The van der Waals surface area contributed by atoms with Crippen molar-refractivity contribution < 1.29 is 4.42 Å². The van der Waals surface area contributed by atoms with Gasteiger partial charge in [-0.05, 0) is 132 Å². The van der Waals surface area contributed by atoms with Crippen LogP contribution in [-0.4, -0.2) is 0 Å². The third kappa shape index (κ3) is 6.12. The first-order chi connectivity index (χ1) is 30.7. The number of hydrogen-bond donors (Lipinski definition) is 0. The molecule has 0 amide bonds. The first-order valence-electron chi connectivity index (χ1n) is 21.2. The summed E-state index contributed by atoms with van der Waals surface area (Å²) in [6.07, 6.45) is 0. The Bertz CT molecular complexity index is 3620. The van der Waals surface area contributed by atoms with Gasteiger partial charge in [-0.2, -0.15) is 0 Å². The summed E-state index contributed by atoms with van der Waals surface area (Å²) in [5.74, 6) is 0. The molecule has 11 aromatic carbocycles. The molecule has 0 saturated carbocycles. The van der Waals surface area contributed by atoms with Crippen molar-refractivity contribution in [2.45, 2.75) is 0 Å². The van der Waals surface area contributed by atoms with Crippen LogP contribution in [-0.2, 0) is 0 Å². The van der Waals surface area contributed by atoms with Crippen LogP contribution < -0.4 is 4.90 Å². The van der Waals surface area contributed by atoms with Crippen molar-refractivity contribution in [1.29, 1.82) is 0 Å². The zero-order valence-corrected chi connectivity index (χ0v) is 33.9. The molecular formula is C60H39NO. The molecule has 0 unspecified atom stereocenters. The highest BCUT2D eigenvalue weighted by Crippen LogP contribution is 2.45. The molecule has 1 aromatic heterocycles. The van der Waals surface area contributed by atoms with Gasteiger partial charge in [-0.3, -0.25) is 0 Å². The van der Waals surface area contributed by atoms with Gasteiger partial charge >= 0.3 is 0 Å². The summed E-state index contributed by atoms with van der Waals surface area (Å²) in [7, 11) is 0. The number of anilines is 3. The molecule has 2 heteroatoms. The molecule has 12 rings (SSSR count). The first kappa shape index (κ1) is 35.7. The zero-order valence-electron chi connectivity index (χ0n) is 33.9. The number of rotatable bonds is 7. The predicted octanol–water partition coefficient (Wildman–Crippen LogP) is 17.2. The fourth-order valence-electron chi connectivity index (χ4n) is 9.45. The summed E-state index contributed by atoms with van der Waals surface area (Å²) in [4.78, 5) is 2.42. The normalized spacial score (nSPS) is 11.5. The van der Waals surface area contributed by atoms with Gasteiger partial charge in [0.05, 0.1) is 5.69 Å². The third-order valence-corrected chi connectivity index (χ3v) is 12.4. The molecule has 0 saturated heterocycles. The summed E-state index contributed by atoms with van der Waals surface area (Å²) in [6, 6.07) is 85.6. The number of hydrogen-bond acceptors (Lipinski definition) is 2. The summed E-state index contributed by atoms with van der Waals surface area (Å²) < 4.78 is 6.31. The van der Waals surface area contributed by atoms with Crippen LogP contribution in [0.5, 0.6) is 0 Å². The van der Waals surface area contributed by atoms with Gasteiger partial charge in [0.25, 0.3) is 0 Å². The van der Waals surface area contributed by atoms with Crippen LogP contribution in [0.15, 0.2) is 241 Å². The van der Waals surface area contributed by atoms with E-state index in [-0.39, 0.29) is 0 Å². The topological polar surface area (TPSA) is 16.4 Å². The van der Waals surface area contributed by atoms with Crippen molar-refractivity contribution in [1.82, 2.24) is 0 Å². The van der Waals surface area contributed by atoms with Gasteiger partial charge in [-0.15, -0.1) is 0 Å².